The van der Waals surface area contributed by atoms with Gasteiger partial charge in [-0.2, -0.15) is 0 Å². The summed E-state index contributed by atoms with van der Waals surface area (Å²) in [6, 6.07) is 3.33. The summed E-state index contributed by atoms with van der Waals surface area (Å²) in [6.07, 6.45) is 0.672. The average molecular weight is 307 g/mol. The van der Waals surface area contributed by atoms with Crippen LogP contribution in [0.15, 0.2) is 23.1 Å². The van der Waals surface area contributed by atoms with Crippen molar-refractivity contribution in [2.45, 2.75) is 25.2 Å². The molecule has 0 aliphatic carbocycles. The molecule has 1 aromatic carbocycles. The molecule has 0 bridgehead atoms. The van der Waals surface area contributed by atoms with E-state index in [-0.39, 0.29) is 22.2 Å². The number of hydrogen-bond acceptors (Lipinski definition) is 4. The largest absolute Gasteiger partial charge is 0.270 e. The summed E-state index contributed by atoms with van der Waals surface area (Å²) < 4.78 is 26.4. The van der Waals surface area contributed by atoms with Crippen LogP contribution in [0.4, 0.5) is 5.69 Å². The molecular weight excluding hydrogens is 292 g/mol. The molecule has 0 amide bonds. The van der Waals surface area contributed by atoms with Crippen LogP contribution in [0.25, 0.3) is 0 Å². The topological polar surface area (TPSA) is 89.3 Å². The van der Waals surface area contributed by atoms with E-state index in [0.29, 0.717) is 12.3 Å². The van der Waals surface area contributed by atoms with Gasteiger partial charge in [0.25, 0.3) is 5.69 Å². The molecule has 0 atom stereocenters. The Morgan fingerprint density at radius 3 is 2.58 bits per heavy atom. The highest BCUT2D eigenvalue weighted by Gasteiger charge is 2.21. The molecule has 0 spiro atoms. The van der Waals surface area contributed by atoms with Gasteiger partial charge in [0.2, 0.25) is 10.0 Å². The smallest absolute Gasteiger partial charge is 0.258 e. The summed E-state index contributed by atoms with van der Waals surface area (Å²) >= 11 is 5.79. The van der Waals surface area contributed by atoms with E-state index in [4.69, 9.17) is 11.6 Å². The Morgan fingerprint density at radius 1 is 1.42 bits per heavy atom. The van der Waals surface area contributed by atoms with Crippen LogP contribution in [-0.2, 0) is 10.0 Å². The van der Waals surface area contributed by atoms with E-state index < -0.39 is 14.9 Å². The Balaban J connectivity index is 3.00. The van der Waals surface area contributed by atoms with Crippen LogP contribution in [0, 0.1) is 16.0 Å². The first-order chi connectivity index (χ1) is 8.74. The zero-order valence-corrected chi connectivity index (χ0v) is 12.2. The maximum absolute atomic E-state index is 12.0. The monoisotopic (exact) mass is 306 g/mol. The second kappa shape index (κ2) is 6.31. The first-order valence-electron chi connectivity index (χ1n) is 5.67. The molecular formula is C11H15ClN2O4S. The number of nitrogens with one attached hydrogen (secondary N) is 1. The molecule has 1 N–H and O–H groups in total. The van der Waals surface area contributed by atoms with Gasteiger partial charge in [-0.1, -0.05) is 25.4 Å². The van der Waals surface area contributed by atoms with Crippen molar-refractivity contribution in [1.82, 2.24) is 4.72 Å². The van der Waals surface area contributed by atoms with Gasteiger partial charge in [0.05, 0.1) is 9.95 Å². The Labute approximate surface area is 117 Å². The van der Waals surface area contributed by atoms with Gasteiger partial charge in [-0.25, -0.2) is 13.1 Å². The average Bonchev–Trinajstić information content (AvgIpc) is 2.28. The first kappa shape index (κ1) is 15.9. The number of hydrogen-bond donors (Lipinski definition) is 1. The lowest BCUT2D eigenvalue weighted by Crippen LogP contribution is -2.26. The fraction of sp³-hybridized carbons (Fsp3) is 0.455. The highest BCUT2D eigenvalue weighted by molar-refractivity contribution is 7.89. The number of nitro groups is 1. The van der Waals surface area contributed by atoms with Crippen molar-refractivity contribution in [3.63, 3.8) is 0 Å². The van der Waals surface area contributed by atoms with Crippen LogP contribution < -0.4 is 4.72 Å². The number of sulfonamides is 1. The van der Waals surface area contributed by atoms with E-state index in [1.54, 1.807) is 0 Å². The normalized spacial score (nSPS) is 11.8. The van der Waals surface area contributed by atoms with Gasteiger partial charge in [-0.05, 0) is 18.4 Å². The molecule has 1 aromatic rings. The second-order valence-corrected chi connectivity index (χ2v) is 6.59. The van der Waals surface area contributed by atoms with Gasteiger partial charge in [-0.3, -0.25) is 10.1 Å². The van der Waals surface area contributed by atoms with E-state index in [9.17, 15) is 18.5 Å². The molecule has 0 fully saturated rings. The van der Waals surface area contributed by atoms with E-state index >= 15 is 0 Å². The van der Waals surface area contributed by atoms with Gasteiger partial charge in [-0.15, -0.1) is 0 Å². The summed E-state index contributed by atoms with van der Waals surface area (Å²) in [5.41, 5.74) is -0.311. The van der Waals surface area contributed by atoms with Gasteiger partial charge in [0.15, 0.2) is 0 Å². The standard InChI is InChI=1S/C11H15ClN2O4S/c1-8(2)5-6-13-19(17,18)11-7-9(14(15)16)3-4-10(11)12/h3-4,7-8,13H,5-6H2,1-2H3. The van der Waals surface area contributed by atoms with Crippen molar-refractivity contribution < 1.29 is 13.3 Å². The molecule has 0 saturated carbocycles. The van der Waals surface area contributed by atoms with E-state index in [2.05, 4.69) is 4.72 Å². The third-order valence-corrected chi connectivity index (χ3v) is 4.37. The minimum Gasteiger partial charge on any atom is -0.258 e. The molecule has 106 valence electrons. The highest BCUT2D eigenvalue weighted by atomic mass is 35.5. The minimum atomic E-state index is -3.83. The van der Waals surface area contributed by atoms with Crippen molar-refractivity contribution in [3.05, 3.63) is 33.3 Å². The van der Waals surface area contributed by atoms with Crippen molar-refractivity contribution in [2.75, 3.05) is 6.54 Å². The van der Waals surface area contributed by atoms with Crippen molar-refractivity contribution in [2.24, 2.45) is 5.92 Å². The van der Waals surface area contributed by atoms with Crippen LogP contribution in [-0.4, -0.2) is 19.9 Å². The van der Waals surface area contributed by atoms with Crippen LogP contribution >= 0.6 is 11.6 Å². The maximum atomic E-state index is 12.0. The molecule has 8 heteroatoms. The number of halogens is 1. The molecule has 19 heavy (non-hydrogen) atoms. The molecule has 0 aliphatic heterocycles. The zero-order chi connectivity index (χ0) is 14.6. The fourth-order valence-electron chi connectivity index (χ4n) is 1.37. The Hall–Kier alpha value is -1.18. The maximum Gasteiger partial charge on any atom is 0.270 e. The molecule has 0 aromatic heterocycles. The number of rotatable bonds is 6. The minimum absolute atomic E-state index is 0.0392. The predicted octanol–water partition coefficient (Wildman–Crippen LogP) is 2.57. The lowest BCUT2D eigenvalue weighted by Gasteiger charge is -2.09. The fourth-order valence-corrected chi connectivity index (χ4v) is 2.94. The summed E-state index contributed by atoms with van der Waals surface area (Å²) in [5.74, 6) is 0.350. The molecule has 0 saturated heterocycles. The van der Waals surface area contributed by atoms with Crippen molar-refractivity contribution in [1.29, 1.82) is 0 Å². The molecule has 0 aliphatic rings. The number of nitro benzene ring substituents is 1. The highest BCUT2D eigenvalue weighted by Crippen LogP contribution is 2.25. The van der Waals surface area contributed by atoms with Gasteiger partial charge in [0, 0.05) is 18.7 Å². The van der Waals surface area contributed by atoms with Crippen LogP contribution in [0.3, 0.4) is 0 Å². The summed E-state index contributed by atoms with van der Waals surface area (Å²) in [4.78, 5) is 9.71. The van der Waals surface area contributed by atoms with E-state index in [1.165, 1.54) is 6.07 Å². The molecule has 0 unspecified atom stereocenters. The summed E-state index contributed by atoms with van der Waals surface area (Å²) in [7, 11) is -3.83. The predicted molar refractivity (Wildman–Crippen MR) is 72.7 cm³/mol. The van der Waals surface area contributed by atoms with Crippen LogP contribution in [0.2, 0.25) is 5.02 Å². The van der Waals surface area contributed by atoms with Crippen LogP contribution in [0.1, 0.15) is 20.3 Å². The van der Waals surface area contributed by atoms with Crippen molar-refractivity contribution >= 4 is 27.3 Å². The molecule has 0 radical (unpaired) electrons. The van der Waals surface area contributed by atoms with Crippen LogP contribution in [0.5, 0.6) is 0 Å². The lowest BCUT2D eigenvalue weighted by molar-refractivity contribution is -0.385. The lowest BCUT2D eigenvalue weighted by atomic mass is 10.1. The summed E-state index contributed by atoms with van der Waals surface area (Å²) in [5, 5.41) is 10.6. The van der Waals surface area contributed by atoms with Crippen molar-refractivity contribution in [3.8, 4) is 0 Å². The quantitative estimate of drug-likeness (QED) is 0.646. The Kier molecular flexibility index (Phi) is 5.28. The van der Waals surface area contributed by atoms with E-state index in [1.807, 2.05) is 13.8 Å². The van der Waals surface area contributed by atoms with Gasteiger partial charge in [0.1, 0.15) is 4.90 Å². The SMILES string of the molecule is CC(C)CCNS(=O)(=O)c1cc([N+](=O)[O-])ccc1Cl. The number of nitrogens with zero attached hydrogens (tertiary/aromatic N) is 1. The molecule has 0 heterocycles. The third kappa shape index (κ3) is 4.45. The first-order valence-corrected chi connectivity index (χ1v) is 7.53. The Morgan fingerprint density at radius 2 is 2.05 bits per heavy atom. The van der Waals surface area contributed by atoms with Gasteiger partial charge >= 0.3 is 0 Å². The molecule has 6 nitrogen and oxygen atoms in total. The van der Waals surface area contributed by atoms with Gasteiger partial charge < -0.3 is 0 Å². The second-order valence-electron chi connectivity index (χ2n) is 4.45. The number of non-ortho nitro benzene ring substituents is 1. The van der Waals surface area contributed by atoms with E-state index in [0.717, 1.165) is 12.1 Å². The summed E-state index contributed by atoms with van der Waals surface area (Å²) in [6.45, 7) is 4.20. The third-order valence-electron chi connectivity index (χ3n) is 2.43. The number of benzene rings is 1. The zero-order valence-electron chi connectivity index (χ0n) is 10.6. The Bertz CT molecular complexity index is 572. The molecule has 1 rings (SSSR count).